The Bertz CT molecular complexity index is 1370. The van der Waals surface area contributed by atoms with Crippen molar-refractivity contribution in [2.45, 2.75) is 5.66 Å². The highest BCUT2D eigenvalue weighted by atomic mass is 31.2. The maximum Gasteiger partial charge on any atom is 0.123 e. The lowest BCUT2D eigenvalue weighted by Gasteiger charge is -2.36. The van der Waals surface area contributed by atoms with Crippen LogP contribution in [0, 0.1) is 0 Å². The van der Waals surface area contributed by atoms with Gasteiger partial charge in [0.25, 0.3) is 0 Å². The van der Waals surface area contributed by atoms with E-state index in [1.807, 2.05) is 0 Å². The minimum atomic E-state index is -1.93. The van der Waals surface area contributed by atoms with Gasteiger partial charge in [0.2, 0.25) is 0 Å². The molecular weight excluding hydrogens is 470 g/mol. The minimum Gasteiger partial charge on any atom is -0.0622 e. The van der Waals surface area contributed by atoms with E-state index in [9.17, 15) is 0 Å². The van der Waals surface area contributed by atoms with Crippen molar-refractivity contribution >= 4 is 42.5 Å². The highest BCUT2D eigenvalue weighted by Crippen LogP contribution is 2.74. The SMILES string of the molecule is C1=CC([P+](CP(c2ccccc2)c2ccccc2)(c2ccccc2)c2ccccc2)c2ccccc21. The zero-order chi connectivity index (χ0) is 24.2. The van der Waals surface area contributed by atoms with Crippen LogP contribution in [0.1, 0.15) is 16.8 Å². The normalized spacial score (nSPS) is 14.6. The van der Waals surface area contributed by atoms with E-state index in [4.69, 9.17) is 0 Å². The molecule has 0 N–H and O–H groups in total. The first-order chi connectivity index (χ1) is 17.9. The van der Waals surface area contributed by atoms with Crippen LogP contribution in [0.15, 0.2) is 152 Å². The molecule has 1 aliphatic rings. The average Bonchev–Trinajstić information content (AvgIpc) is 3.40. The Labute approximate surface area is 216 Å². The van der Waals surface area contributed by atoms with Crippen LogP contribution in [-0.2, 0) is 0 Å². The highest BCUT2D eigenvalue weighted by molar-refractivity contribution is 7.98. The molecule has 0 saturated heterocycles. The van der Waals surface area contributed by atoms with Crippen molar-refractivity contribution in [1.82, 2.24) is 0 Å². The standard InChI is InChI=1S/C34H29P2/c1-5-16-29(17-6-1)35(30-18-7-2-8-19-30)27-36(31-20-9-3-10-21-31,32-22-11-4-12-23-32)34-26-25-28-15-13-14-24-33(28)34/h1-26,34H,27H2/q+1. The van der Waals surface area contributed by atoms with Crippen LogP contribution < -0.4 is 21.2 Å². The van der Waals surface area contributed by atoms with E-state index in [0.29, 0.717) is 5.66 Å². The molecule has 0 spiro atoms. The number of hydrogen-bond acceptors (Lipinski definition) is 0. The van der Waals surface area contributed by atoms with Crippen LogP contribution in [0.25, 0.3) is 6.08 Å². The second-order valence-electron chi connectivity index (χ2n) is 9.21. The Balaban J connectivity index is 1.62. The topological polar surface area (TPSA) is 0 Å². The summed E-state index contributed by atoms with van der Waals surface area (Å²) in [6.07, 6.45) is 4.86. The summed E-state index contributed by atoms with van der Waals surface area (Å²) in [6, 6.07) is 54.2. The summed E-state index contributed by atoms with van der Waals surface area (Å²) in [7, 11) is -2.50. The Morgan fingerprint density at radius 2 is 0.944 bits per heavy atom. The fraction of sp³-hybridized carbons (Fsp3) is 0.0588. The van der Waals surface area contributed by atoms with Crippen LogP contribution in [0.4, 0.5) is 0 Å². The Morgan fingerprint density at radius 3 is 1.47 bits per heavy atom. The van der Waals surface area contributed by atoms with Crippen molar-refractivity contribution in [1.29, 1.82) is 0 Å². The van der Waals surface area contributed by atoms with E-state index in [1.165, 1.54) is 32.3 Å². The van der Waals surface area contributed by atoms with Gasteiger partial charge < -0.3 is 0 Å². The van der Waals surface area contributed by atoms with Gasteiger partial charge in [0.15, 0.2) is 0 Å². The van der Waals surface area contributed by atoms with E-state index in [1.54, 1.807) is 0 Å². The quantitative estimate of drug-likeness (QED) is 0.203. The van der Waals surface area contributed by atoms with Crippen molar-refractivity contribution in [3.05, 3.63) is 163 Å². The Kier molecular flexibility index (Phi) is 6.65. The molecule has 0 fully saturated rings. The number of rotatable bonds is 7. The molecule has 6 rings (SSSR count). The van der Waals surface area contributed by atoms with Gasteiger partial charge in [0.1, 0.15) is 16.3 Å². The van der Waals surface area contributed by atoms with Crippen LogP contribution in [-0.4, -0.2) is 5.90 Å². The molecule has 36 heavy (non-hydrogen) atoms. The first-order valence-corrected chi connectivity index (χ1v) is 16.1. The first kappa shape index (κ1) is 23.1. The third-order valence-corrected chi connectivity index (χ3v) is 15.8. The molecule has 1 aliphatic carbocycles. The van der Waals surface area contributed by atoms with Crippen LogP contribution in [0.5, 0.6) is 0 Å². The molecule has 0 aromatic heterocycles. The van der Waals surface area contributed by atoms with E-state index < -0.39 is 15.2 Å². The van der Waals surface area contributed by atoms with Gasteiger partial charge in [0.05, 0.1) is 13.2 Å². The molecule has 5 aromatic rings. The van der Waals surface area contributed by atoms with Gasteiger partial charge in [-0.3, -0.25) is 0 Å². The third-order valence-electron chi connectivity index (χ3n) is 7.18. The lowest BCUT2D eigenvalue weighted by molar-refractivity contribution is 1.23. The van der Waals surface area contributed by atoms with Crippen LogP contribution >= 0.6 is 15.2 Å². The molecule has 0 aliphatic heterocycles. The molecule has 0 radical (unpaired) electrons. The number of fused-ring (bicyclic) bond motifs is 1. The number of benzene rings is 5. The molecule has 0 amide bonds. The van der Waals surface area contributed by atoms with Crippen LogP contribution in [0.2, 0.25) is 0 Å². The van der Waals surface area contributed by atoms with E-state index in [-0.39, 0.29) is 0 Å². The highest BCUT2D eigenvalue weighted by Gasteiger charge is 2.53. The van der Waals surface area contributed by atoms with Gasteiger partial charge in [-0.05, 0) is 54.4 Å². The summed E-state index contributed by atoms with van der Waals surface area (Å²) in [6.45, 7) is 0. The second-order valence-corrected chi connectivity index (χ2v) is 15.6. The van der Waals surface area contributed by atoms with E-state index in [2.05, 4.69) is 158 Å². The average molecular weight is 500 g/mol. The molecule has 1 atom stereocenters. The molecule has 1 unspecified atom stereocenters. The van der Waals surface area contributed by atoms with Gasteiger partial charge in [-0.15, -0.1) is 0 Å². The maximum absolute atomic E-state index is 2.50. The second kappa shape index (κ2) is 10.4. The predicted molar refractivity (Wildman–Crippen MR) is 161 cm³/mol. The smallest absolute Gasteiger partial charge is 0.0622 e. The minimum absolute atomic E-state index is 0.357. The molecular formula is C34H29P2+. The molecule has 0 saturated carbocycles. The first-order valence-electron chi connectivity index (χ1n) is 12.5. The molecule has 2 heteroatoms. The summed E-state index contributed by atoms with van der Waals surface area (Å²) >= 11 is 0. The summed E-state index contributed by atoms with van der Waals surface area (Å²) in [5.41, 5.74) is 3.19. The Morgan fingerprint density at radius 1 is 0.500 bits per heavy atom. The summed E-state index contributed by atoms with van der Waals surface area (Å²) in [4.78, 5) is 0. The van der Waals surface area contributed by atoms with Gasteiger partial charge >= 0.3 is 0 Å². The summed E-state index contributed by atoms with van der Waals surface area (Å²) in [5, 5.41) is 5.87. The zero-order valence-corrected chi connectivity index (χ0v) is 22.0. The third kappa shape index (κ3) is 4.26. The number of allylic oxidation sites excluding steroid dienone is 1. The largest absolute Gasteiger partial charge is 0.123 e. The molecule has 0 bridgehead atoms. The van der Waals surface area contributed by atoms with Gasteiger partial charge in [-0.25, -0.2) is 0 Å². The monoisotopic (exact) mass is 499 g/mol. The van der Waals surface area contributed by atoms with E-state index in [0.717, 1.165) is 5.90 Å². The summed E-state index contributed by atoms with van der Waals surface area (Å²) in [5.74, 6) is 1.13. The maximum atomic E-state index is 2.50. The van der Waals surface area contributed by atoms with Crippen LogP contribution in [0.3, 0.4) is 0 Å². The summed E-state index contributed by atoms with van der Waals surface area (Å²) < 4.78 is 0. The molecule has 5 aromatic carbocycles. The number of hydrogen-bond donors (Lipinski definition) is 0. The van der Waals surface area contributed by atoms with Crippen molar-refractivity contribution in [3.63, 3.8) is 0 Å². The fourth-order valence-electron chi connectivity index (χ4n) is 5.48. The molecule has 0 heterocycles. The van der Waals surface area contributed by atoms with Gasteiger partial charge in [-0.1, -0.05) is 127 Å². The van der Waals surface area contributed by atoms with Crippen molar-refractivity contribution < 1.29 is 0 Å². The predicted octanol–water partition coefficient (Wildman–Crippen LogP) is 7.51. The van der Waals surface area contributed by atoms with Crippen molar-refractivity contribution in [3.8, 4) is 0 Å². The van der Waals surface area contributed by atoms with Gasteiger partial charge in [0, 0.05) is 5.56 Å². The fourth-order valence-corrected chi connectivity index (χ4v) is 15.4. The zero-order valence-electron chi connectivity index (χ0n) is 20.2. The van der Waals surface area contributed by atoms with Gasteiger partial charge in [-0.2, -0.15) is 0 Å². The van der Waals surface area contributed by atoms with E-state index >= 15 is 0 Å². The van der Waals surface area contributed by atoms with Crippen molar-refractivity contribution in [2.75, 3.05) is 5.90 Å². The molecule has 0 nitrogen and oxygen atoms in total. The molecule has 174 valence electrons. The lowest BCUT2D eigenvalue weighted by atomic mass is 10.1. The Hall–Kier alpha value is -3.30. The van der Waals surface area contributed by atoms with Crippen molar-refractivity contribution in [2.24, 2.45) is 0 Å². The lowest BCUT2D eigenvalue weighted by Crippen LogP contribution is -2.31.